The second kappa shape index (κ2) is 7.43. The van der Waals surface area contributed by atoms with Gasteiger partial charge in [0.05, 0.1) is 5.41 Å². The Balaban J connectivity index is 2.68. The zero-order valence-electron chi connectivity index (χ0n) is 14.0. The van der Waals surface area contributed by atoms with E-state index in [1.165, 1.54) is 0 Å². The highest BCUT2D eigenvalue weighted by Crippen LogP contribution is 2.28. The van der Waals surface area contributed by atoms with E-state index in [9.17, 15) is 14.7 Å². The van der Waals surface area contributed by atoms with E-state index < -0.39 is 11.4 Å². The molecule has 0 aliphatic heterocycles. The van der Waals surface area contributed by atoms with Gasteiger partial charge in [-0.25, -0.2) is 0 Å². The summed E-state index contributed by atoms with van der Waals surface area (Å²) in [6.45, 7) is 7.91. The van der Waals surface area contributed by atoms with E-state index in [0.717, 1.165) is 5.56 Å². The molecule has 0 saturated heterocycles. The van der Waals surface area contributed by atoms with E-state index in [1.807, 2.05) is 58.0 Å². The van der Waals surface area contributed by atoms with Crippen molar-refractivity contribution in [3.63, 3.8) is 0 Å². The number of benzene rings is 1. The molecule has 0 unspecified atom stereocenters. The summed E-state index contributed by atoms with van der Waals surface area (Å²) in [4.78, 5) is 23.7. The molecule has 0 atom stereocenters. The van der Waals surface area contributed by atoms with Crippen LogP contribution < -0.4 is 5.32 Å². The molecule has 0 bridgehead atoms. The van der Waals surface area contributed by atoms with Gasteiger partial charge in [-0.3, -0.25) is 9.59 Å². The van der Waals surface area contributed by atoms with Crippen LogP contribution in [0.3, 0.4) is 0 Å². The quantitative estimate of drug-likeness (QED) is 0.774. The van der Waals surface area contributed by atoms with Crippen molar-refractivity contribution in [1.82, 2.24) is 5.32 Å². The fourth-order valence-corrected chi connectivity index (χ4v) is 2.60. The lowest BCUT2D eigenvalue weighted by atomic mass is 9.80. The minimum Gasteiger partial charge on any atom is -0.481 e. The number of carboxylic acids is 1. The minimum absolute atomic E-state index is 0.110. The molecular formula is C18H27NO3. The second-order valence-electron chi connectivity index (χ2n) is 6.50. The van der Waals surface area contributed by atoms with Gasteiger partial charge in [0.1, 0.15) is 0 Å². The van der Waals surface area contributed by atoms with Crippen molar-refractivity contribution in [2.75, 3.05) is 6.54 Å². The molecular weight excluding hydrogens is 278 g/mol. The number of nitrogens with one attached hydrogen (secondary N) is 1. The second-order valence-corrected chi connectivity index (χ2v) is 6.50. The van der Waals surface area contributed by atoms with Gasteiger partial charge in [0.25, 0.3) is 0 Å². The van der Waals surface area contributed by atoms with Crippen molar-refractivity contribution >= 4 is 11.9 Å². The maximum absolute atomic E-state index is 12.2. The number of rotatable bonds is 8. The molecule has 1 aromatic rings. The zero-order valence-corrected chi connectivity index (χ0v) is 14.0. The number of carbonyl (C=O) groups is 2. The Morgan fingerprint density at radius 1 is 1.09 bits per heavy atom. The summed E-state index contributed by atoms with van der Waals surface area (Å²) in [5, 5.41) is 12.2. The Morgan fingerprint density at radius 3 is 2.09 bits per heavy atom. The first kappa shape index (κ1) is 18.2. The summed E-state index contributed by atoms with van der Waals surface area (Å²) in [5.41, 5.74) is -0.0528. The van der Waals surface area contributed by atoms with Crippen LogP contribution in [-0.2, 0) is 15.0 Å². The molecule has 0 aliphatic carbocycles. The van der Waals surface area contributed by atoms with Crippen molar-refractivity contribution in [2.45, 2.75) is 52.4 Å². The smallest absolute Gasteiger partial charge is 0.311 e. The zero-order chi connectivity index (χ0) is 16.8. The van der Waals surface area contributed by atoms with Crippen LogP contribution in [0.2, 0.25) is 0 Å². The van der Waals surface area contributed by atoms with Gasteiger partial charge in [0.15, 0.2) is 0 Å². The summed E-state index contributed by atoms with van der Waals surface area (Å²) < 4.78 is 0. The van der Waals surface area contributed by atoms with E-state index in [0.29, 0.717) is 19.3 Å². The maximum atomic E-state index is 12.2. The number of hydrogen-bond donors (Lipinski definition) is 2. The van der Waals surface area contributed by atoms with Crippen molar-refractivity contribution in [3.05, 3.63) is 35.9 Å². The summed E-state index contributed by atoms with van der Waals surface area (Å²) in [6, 6.07) is 9.88. The molecule has 0 heterocycles. The SMILES string of the molecule is CCC(CC)(CNC(=O)CC(C)(C)c1ccccc1)C(=O)O. The minimum atomic E-state index is -0.869. The third-order valence-electron chi connectivity index (χ3n) is 4.59. The maximum Gasteiger partial charge on any atom is 0.311 e. The largest absolute Gasteiger partial charge is 0.481 e. The molecule has 4 heteroatoms. The van der Waals surface area contributed by atoms with Gasteiger partial charge in [0.2, 0.25) is 5.91 Å². The number of hydrogen-bond acceptors (Lipinski definition) is 2. The number of amides is 1. The molecule has 0 saturated carbocycles. The average molecular weight is 305 g/mol. The number of carboxylic acid groups (broad SMARTS) is 1. The van der Waals surface area contributed by atoms with E-state index in [2.05, 4.69) is 5.32 Å². The van der Waals surface area contributed by atoms with Gasteiger partial charge < -0.3 is 10.4 Å². The van der Waals surface area contributed by atoms with Crippen LogP contribution in [0.25, 0.3) is 0 Å². The topological polar surface area (TPSA) is 66.4 Å². The summed E-state index contributed by atoms with van der Waals surface area (Å²) in [7, 11) is 0. The van der Waals surface area contributed by atoms with Gasteiger partial charge in [-0.2, -0.15) is 0 Å². The Kier molecular flexibility index (Phi) is 6.15. The molecule has 2 N–H and O–H groups in total. The average Bonchev–Trinajstić information content (AvgIpc) is 2.49. The molecule has 0 aliphatic rings. The normalized spacial score (nSPS) is 12.0. The van der Waals surface area contributed by atoms with Gasteiger partial charge in [-0.1, -0.05) is 58.0 Å². The highest BCUT2D eigenvalue weighted by atomic mass is 16.4. The van der Waals surface area contributed by atoms with E-state index in [4.69, 9.17) is 0 Å². The lowest BCUT2D eigenvalue weighted by Crippen LogP contribution is -2.43. The third-order valence-corrected chi connectivity index (χ3v) is 4.59. The third kappa shape index (κ3) is 4.33. The van der Waals surface area contributed by atoms with Gasteiger partial charge in [-0.15, -0.1) is 0 Å². The molecule has 0 spiro atoms. The molecule has 22 heavy (non-hydrogen) atoms. The number of aliphatic carboxylic acids is 1. The van der Waals surface area contributed by atoms with Gasteiger partial charge in [-0.05, 0) is 23.8 Å². The molecule has 0 fully saturated rings. The molecule has 122 valence electrons. The summed E-state index contributed by atoms with van der Waals surface area (Å²) >= 11 is 0. The summed E-state index contributed by atoms with van der Waals surface area (Å²) in [6.07, 6.45) is 1.34. The predicted molar refractivity (Wildman–Crippen MR) is 87.7 cm³/mol. The van der Waals surface area contributed by atoms with Crippen molar-refractivity contribution in [3.8, 4) is 0 Å². The Labute approximate surface area is 132 Å². The van der Waals surface area contributed by atoms with Crippen molar-refractivity contribution in [2.24, 2.45) is 5.41 Å². The highest BCUT2D eigenvalue weighted by molar-refractivity contribution is 5.80. The van der Waals surface area contributed by atoms with Gasteiger partial charge in [0, 0.05) is 13.0 Å². The van der Waals surface area contributed by atoms with E-state index >= 15 is 0 Å². The van der Waals surface area contributed by atoms with Crippen LogP contribution in [0.1, 0.15) is 52.5 Å². The van der Waals surface area contributed by atoms with Crippen LogP contribution >= 0.6 is 0 Å². The van der Waals surface area contributed by atoms with Gasteiger partial charge >= 0.3 is 5.97 Å². The van der Waals surface area contributed by atoms with Crippen LogP contribution in [0.15, 0.2) is 30.3 Å². The molecule has 1 aromatic carbocycles. The molecule has 0 radical (unpaired) electrons. The lowest BCUT2D eigenvalue weighted by molar-refractivity contribution is -0.149. The van der Waals surface area contributed by atoms with Crippen LogP contribution in [0.4, 0.5) is 0 Å². The fourth-order valence-electron chi connectivity index (χ4n) is 2.60. The van der Waals surface area contributed by atoms with Crippen LogP contribution in [0.5, 0.6) is 0 Å². The Bertz CT molecular complexity index is 504. The summed E-state index contributed by atoms with van der Waals surface area (Å²) in [5.74, 6) is -0.957. The lowest BCUT2D eigenvalue weighted by Gasteiger charge is -2.29. The van der Waals surface area contributed by atoms with Crippen LogP contribution in [0, 0.1) is 5.41 Å². The van der Waals surface area contributed by atoms with E-state index in [-0.39, 0.29) is 17.9 Å². The fraction of sp³-hybridized carbons (Fsp3) is 0.556. The Morgan fingerprint density at radius 2 is 1.64 bits per heavy atom. The van der Waals surface area contributed by atoms with Crippen molar-refractivity contribution < 1.29 is 14.7 Å². The predicted octanol–water partition coefficient (Wildman–Crippen LogP) is 3.36. The number of carbonyl (C=O) groups excluding carboxylic acids is 1. The standard InChI is InChI=1S/C18H27NO3/c1-5-18(6-2,16(21)22)13-19-15(20)12-17(3,4)14-10-8-7-9-11-14/h7-11H,5-6,12-13H2,1-4H3,(H,19,20)(H,21,22). The van der Waals surface area contributed by atoms with Crippen molar-refractivity contribution in [1.29, 1.82) is 0 Å². The molecule has 1 amide bonds. The first-order valence-electron chi connectivity index (χ1n) is 7.83. The first-order valence-corrected chi connectivity index (χ1v) is 7.83. The monoisotopic (exact) mass is 305 g/mol. The molecule has 1 rings (SSSR count). The highest BCUT2D eigenvalue weighted by Gasteiger charge is 2.35. The van der Waals surface area contributed by atoms with E-state index in [1.54, 1.807) is 0 Å². The Hall–Kier alpha value is -1.84. The molecule has 0 aromatic heterocycles. The molecule has 4 nitrogen and oxygen atoms in total. The van der Waals surface area contributed by atoms with Crippen LogP contribution in [-0.4, -0.2) is 23.5 Å². The first-order chi connectivity index (χ1) is 10.3.